The molecular formula is C14H21N3S. The largest absolute Gasteiger partial charge is 0.371 e. The van der Waals surface area contributed by atoms with Gasteiger partial charge in [-0.25, -0.2) is 0 Å². The second-order valence-electron chi connectivity index (χ2n) is 4.73. The summed E-state index contributed by atoms with van der Waals surface area (Å²) in [5, 5.41) is 3.80. The first-order chi connectivity index (χ1) is 8.72. The summed E-state index contributed by atoms with van der Waals surface area (Å²) in [7, 11) is 3.89. The van der Waals surface area contributed by atoms with E-state index in [1.807, 2.05) is 14.1 Å². The Hall–Kier alpha value is -1.29. The van der Waals surface area contributed by atoms with Crippen LogP contribution in [0.3, 0.4) is 0 Å². The van der Waals surface area contributed by atoms with Crippen LogP contribution in [0.1, 0.15) is 18.4 Å². The van der Waals surface area contributed by atoms with Gasteiger partial charge in [0.15, 0.2) is 5.11 Å². The van der Waals surface area contributed by atoms with Gasteiger partial charge in [-0.3, -0.25) is 0 Å². The van der Waals surface area contributed by atoms with Crippen molar-refractivity contribution < 1.29 is 0 Å². The molecule has 1 saturated heterocycles. The fourth-order valence-corrected chi connectivity index (χ4v) is 2.49. The van der Waals surface area contributed by atoms with Crippen molar-refractivity contribution in [3.63, 3.8) is 0 Å². The van der Waals surface area contributed by atoms with E-state index >= 15 is 0 Å². The lowest BCUT2D eigenvalue weighted by Gasteiger charge is -2.25. The Morgan fingerprint density at radius 2 is 2.00 bits per heavy atom. The first kappa shape index (κ1) is 13.1. The Kier molecular flexibility index (Phi) is 4.42. The van der Waals surface area contributed by atoms with Gasteiger partial charge in [0.2, 0.25) is 0 Å². The van der Waals surface area contributed by atoms with Crippen molar-refractivity contribution in [1.29, 1.82) is 0 Å². The minimum Gasteiger partial charge on any atom is -0.371 e. The minimum absolute atomic E-state index is 0.784. The van der Waals surface area contributed by atoms with E-state index in [4.69, 9.17) is 12.2 Å². The fraction of sp³-hybridized carbons (Fsp3) is 0.500. The van der Waals surface area contributed by atoms with Crippen LogP contribution in [0.4, 0.5) is 5.69 Å². The summed E-state index contributed by atoms with van der Waals surface area (Å²) in [5.74, 6) is 0. The molecule has 1 fully saturated rings. The molecule has 3 nitrogen and oxygen atoms in total. The molecule has 1 aromatic carbocycles. The number of rotatable bonds is 3. The van der Waals surface area contributed by atoms with Gasteiger partial charge in [-0.1, -0.05) is 18.2 Å². The van der Waals surface area contributed by atoms with Gasteiger partial charge in [0, 0.05) is 39.4 Å². The molecule has 2 rings (SSSR count). The van der Waals surface area contributed by atoms with Gasteiger partial charge in [-0.15, -0.1) is 0 Å². The van der Waals surface area contributed by atoms with E-state index in [1.54, 1.807) is 0 Å². The maximum absolute atomic E-state index is 5.26. The number of benzene rings is 1. The first-order valence-corrected chi connectivity index (χ1v) is 6.89. The van der Waals surface area contributed by atoms with Gasteiger partial charge in [-0.05, 0) is 36.7 Å². The zero-order valence-corrected chi connectivity index (χ0v) is 12.0. The van der Waals surface area contributed by atoms with E-state index in [2.05, 4.69) is 39.4 Å². The van der Waals surface area contributed by atoms with Gasteiger partial charge in [-0.2, -0.15) is 0 Å². The van der Waals surface area contributed by atoms with Crippen LogP contribution in [-0.4, -0.2) is 37.2 Å². The highest BCUT2D eigenvalue weighted by Gasteiger charge is 2.16. The predicted molar refractivity (Wildman–Crippen MR) is 81.0 cm³/mol. The van der Waals surface area contributed by atoms with Crippen LogP contribution in [0.25, 0.3) is 0 Å². The monoisotopic (exact) mass is 263 g/mol. The Morgan fingerprint density at radius 1 is 1.33 bits per heavy atom. The molecule has 0 amide bonds. The quantitative estimate of drug-likeness (QED) is 0.843. The van der Waals surface area contributed by atoms with Crippen molar-refractivity contribution in [1.82, 2.24) is 10.2 Å². The summed E-state index contributed by atoms with van der Waals surface area (Å²) in [6.45, 7) is 3.21. The van der Waals surface area contributed by atoms with Crippen LogP contribution in [0.15, 0.2) is 24.3 Å². The maximum atomic E-state index is 5.26. The third kappa shape index (κ3) is 2.93. The standard InChI is InChI=1S/C14H21N3S/c1-15-14(18)16(2)11-12-7-3-4-8-13(12)17-9-5-6-10-17/h3-4,7-8H,5-6,9-11H2,1-2H3,(H,15,18). The Morgan fingerprint density at radius 3 is 2.67 bits per heavy atom. The topological polar surface area (TPSA) is 18.5 Å². The molecule has 0 aromatic heterocycles. The van der Waals surface area contributed by atoms with Crippen LogP contribution in [0.2, 0.25) is 0 Å². The number of para-hydroxylation sites is 1. The van der Waals surface area contributed by atoms with E-state index < -0.39 is 0 Å². The van der Waals surface area contributed by atoms with Crippen LogP contribution >= 0.6 is 12.2 Å². The molecule has 1 heterocycles. The molecular weight excluding hydrogens is 242 g/mol. The van der Waals surface area contributed by atoms with Gasteiger partial charge >= 0.3 is 0 Å². The molecule has 0 radical (unpaired) electrons. The molecule has 0 bridgehead atoms. The van der Waals surface area contributed by atoms with Crippen molar-refractivity contribution in [3.05, 3.63) is 29.8 Å². The highest BCUT2D eigenvalue weighted by molar-refractivity contribution is 7.80. The molecule has 0 aliphatic carbocycles. The van der Waals surface area contributed by atoms with Crippen molar-refractivity contribution in [2.24, 2.45) is 0 Å². The smallest absolute Gasteiger partial charge is 0.168 e. The van der Waals surface area contributed by atoms with Gasteiger partial charge in [0.25, 0.3) is 0 Å². The van der Waals surface area contributed by atoms with Crippen molar-refractivity contribution >= 4 is 23.0 Å². The second kappa shape index (κ2) is 6.05. The van der Waals surface area contributed by atoms with Gasteiger partial charge < -0.3 is 15.1 Å². The number of nitrogens with zero attached hydrogens (tertiary/aromatic N) is 2. The SMILES string of the molecule is CNC(=S)N(C)Cc1ccccc1N1CCCC1. The molecule has 0 spiro atoms. The number of anilines is 1. The molecule has 1 N–H and O–H groups in total. The molecule has 18 heavy (non-hydrogen) atoms. The average Bonchev–Trinajstić information content (AvgIpc) is 2.92. The van der Waals surface area contributed by atoms with E-state index in [-0.39, 0.29) is 0 Å². The summed E-state index contributed by atoms with van der Waals surface area (Å²) >= 11 is 5.26. The summed E-state index contributed by atoms with van der Waals surface area (Å²) in [6, 6.07) is 8.64. The molecule has 4 heteroatoms. The molecule has 0 atom stereocenters. The predicted octanol–water partition coefficient (Wildman–Crippen LogP) is 2.22. The lowest BCUT2D eigenvalue weighted by atomic mass is 10.1. The minimum atomic E-state index is 0.784. The Balaban J connectivity index is 2.14. The fourth-order valence-electron chi connectivity index (χ4n) is 2.43. The number of hydrogen-bond donors (Lipinski definition) is 1. The molecule has 98 valence electrons. The molecule has 0 unspecified atom stereocenters. The van der Waals surface area contributed by atoms with E-state index in [9.17, 15) is 0 Å². The highest BCUT2D eigenvalue weighted by atomic mass is 32.1. The molecule has 1 aromatic rings. The molecule has 1 aliphatic heterocycles. The number of nitrogens with one attached hydrogen (secondary N) is 1. The van der Waals surface area contributed by atoms with E-state index in [0.29, 0.717) is 0 Å². The Bertz CT molecular complexity index is 413. The number of thiocarbonyl (C=S) groups is 1. The maximum Gasteiger partial charge on any atom is 0.168 e. The van der Waals surface area contributed by atoms with Crippen molar-refractivity contribution in [2.75, 3.05) is 32.1 Å². The van der Waals surface area contributed by atoms with Gasteiger partial charge in [0.05, 0.1) is 0 Å². The van der Waals surface area contributed by atoms with Crippen molar-refractivity contribution in [3.8, 4) is 0 Å². The first-order valence-electron chi connectivity index (χ1n) is 6.48. The van der Waals surface area contributed by atoms with E-state index in [1.165, 1.54) is 37.2 Å². The molecule has 1 aliphatic rings. The average molecular weight is 263 g/mol. The van der Waals surface area contributed by atoms with Gasteiger partial charge in [0.1, 0.15) is 0 Å². The van der Waals surface area contributed by atoms with Crippen LogP contribution in [0.5, 0.6) is 0 Å². The van der Waals surface area contributed by atoms with Crippen LogP contribution in [0, 0.1) is 0 Å². The number of hydrogen-bond acceptors (Lipinski definition) is 2. The van der Waals surface area contributed by atoms with E-state index in [0.717, 1.165) is 11.7 Å². The zero-order chi connectivity index (χ0) is 13.0. The summed E-state index contributed by atoms with van der Waals surface area (Å²) in [5.41, 5.74) is 2.71. The third-order valence-electron chi connectivity index (χ3n) is 3.41. The lowest BCUT2D eigenvalue weighted by molar-refractivity contribution is 0.494. The third-order valence-corrected chi connectivity index (χ3v) is 3.92. The summed E-state index contributed by atoms with van der Waals surface area (Å²) < 4.78 is 0. The van der Waals surface area contributed by atoms with Crippen LogP contribution < -0.4 is 10.2 Å². The summed E-state index contributed by atoms with van der Waals surface area (Å²) in [4.78, 5) is 4.55. The normalized spacial score (nSPS) is 14.7. The highest BCUT2D eigenvalue weighted by Crippen LogP contribution is 2.25. The second-order valence-corrected chi connectivity index (χ2v) is 5.12. The van der Waals surface area contributed by atoms with Crippen molar-refractivity contribution in [2.45, 2.75) is 19.4 Å². The Labute approximate surface area is 115 Å². The molecule has 0 saturated carbocycles. The lowest BCUT2D eigenvalue weighted by Crippen LogP contribution is -2.34. The summed E-state index contributed by atoms with van der Waals surface area (Å²) in [6.07, 6.45) is 2.61. The zero-order valence-electron chi connectivity index (χ0n) is 11.1. The van der Waals surface area contributed by atoms with Crippen LogP contribution in [-0.2, 0) is 6.54 Å².